The molecule has 0 saturated heterocycles. The zero-order valence-electron chi connectivity index (χ0n) is 20.3. The first-order valence-electron chi connectivity index (χ1n) is 12.2. The summed E-state index contributed by atoms with van der Waals surface area (Å²) in [6.07, 6.45) is 5.41. The Morgan fingerprint density at radius 1 is 1.11 bits per heavy atom. The van der Waals surface area contributed by atoms with Crippen molar-refractivity contribution >= 4 is 0 Å². The molecule has 2 aliphatic rings. The summed E-state index contributed by atoms with van der Waals surface area (Å²) in [7, 11) is 0. The van der Waals surface area contributed by atoms with Gasteiger partial charge in [0.05, 0.1) is 34.3 Å². The van der Waals surface area contributed by atoms with Gasteiger partial charge in [0, 0.05) is 19.2 Å². The second kappa shape index (κ2) is 8.46. The monoisotopic (exact) mass is 505 g/mol. The summed E-state index contributed by atoms with van der Waals surface area (Å²) in [6, 6.07) is 5.51. The van der Waals surface area contributed by atoms with Gasteiger partial charge in [0.25, 0.3) is 0 Å². The Hall–Kier alpha value is -3.63. The fourth-order valence-electron chi connectivity index (χ4n) is 6.26. The van der Waals surface area contributed by atoms with Crippen molar-refractivity contribution in [1.82, 2.24) is 25.1 Å². The van der Waals surface area contributed by atoms with E-state index < -0.39 is 23.2 Å². The number of rotatable bonds is 6. The van der Waals surface area contributed by atoms with Crippen LogP contribution in [0, 0.1) is 17.0 Å². The number of fused-ring (bicyclic) bond motifs is 5. The second-order valence-electron chi connectivity index (χ2n) is 10.2. The predicted octanol–water partition coefficient (Wildman–Crippen LogP) is 4.49. The maximum Gasteiger partial charge on any atom is 0.247 e. The lowest BCUT2D eigenvalue weighted by molar-refractivity contribution is 0.130. The summed E-state index contributed by atoms with van der Waals surface area (Å²) in [5, 5.41) is 28.0. The van der Waals surface area contributed by atoms with E-state index in [0.717, 1.165) is 24.1 Å². The van der Waals surface area contributed by atoms with Gasteiger partial charge in [-0.1, -0.05) is 19.9 Å². The molecule has 2 bridgehead atoms. The van der Waals surface area contributed by atoms with Crippen LogP contribution in [0.3, 0.4) is 0 Å². The highest BCUT2D eigenvalue weighted by atomic mass is 19.1. The average Bonchev–Trinajstić information content (AvgIpc) is 3.53. The minimum atomic E-state index is -0.947. The maximum absolute atomic E-state index is 14.5. The molecule has 0 radical (unpaired) electrons. The summed E-state index contributed by atoms with van der Waals surface area (Å²) < 4.78 is 34.6. The quantitative estimate of drug-likeness (QED) is 0.394. The van der Waals surface area contributed by atoms with E-state index in [4.69, 9.17) is 14.5 Å². The second-order valence-corrected chi connectivity index (χ2v) is 10.2. The molecule has 2 N–H and O–H groups in total. The number of hydrogen-bond acceptors (Lipinski definition) is 8. The molecule has 3 aromatic heterocycles. The first-order chi connectivity index (χ1) is 17.8. The van der Waals surface area contributed by atoms with Gasteiger partial charge in [-0.2, -0.15) is 5.10 Å². The topological polar surface area (TPSA) is 118 Å². The van der Waals surface area contributed by atoms with Crippen LogP contribution in [0.25, 0.3) is 22.8 Å². The van der Waals surface area contributed by atoms with Gasteiger partial charge in [-0.3, -0.25) is 4.98 Å². The smallest absolute Gasteiger partial charge is 0.247 e. The lowest BCUT2D eigenvalue weighted by Crippen LogP contribution is -2.38. The van der Waals surface area contributed by atoms with Crippen LogP contribution in [-0.4, -0.2) is 42.0 Å². The lowest BCUT2D eigenvalue weighted by Gasteiger charge is -2.37. The molecule has 190 valence electrons. The Labute approximate surface area is 211 Å². The molecule has 8 nitrogen and oxygen atoms in total. The van der Waals surface area contributed by atoms with Gasteiger partial charge < -0.3 is 14.6 Å². The van der Waals surface area contributed by atoms with Gasteiger partial charge in [0.15, 0.2) is 0 Å². The largest absolute Gasteiger partial charge is 0.443 e. The van der Waals surface area contributed by atoms with Crippen molar-refractivity contribution in [2.75, 3.05) is 6.61 Å². The Bertz CT molecular complexity index is 1490. The minimum absolute atomic E-state index is 0.0963. The van der Waals surface area contributed by atoms with Crippen molar-refractivity contribution < 1.29 is 23.4 Å². The van der Waals surface area contributed by atoms with Crippen molar-refractivity contribution in [3.63, 3.8) is 0 Å². The Morgan fingerprint density at radius 3 is 2.65 bits per heavy atom. The van der Waals surface area contributed by atoms with Crippen molar-refractivity contribution in [3.05, 3.63) is 77.2 Å². The summed E-state index contributed by atoms with van der Waals surface area (Å²) >= 11 is 0. The van der Waals surface area contributed by atoms with E-state index in [-0.39, 0.29) is 41.5 Å². The molecule has 6 rings (SSSR count). The van der Waals surface area contributed by atoms with E-state index >= 15 is 0 Å². The van der Waals surface area contributed by atoms with Crippen LogP contribution in [-0.2, 0) is 5.41 Å². The third kappa shape index (κ3) is 3.35. The van der Waals surface area contributed by atoms with Crippen LogP contribution in [0.1, 0.15) is 67.8 Å². The first kappa shape index (κ1) is 23.7. The van der Waals surface area contributed by atoms with Crippen LogP contribution in [0.15, 0.2) is 47.3 Å². The summed E-state index contributed by atoms with van der Waals surface area (Å²) in [4.78, 5) is 13.6. The van der Waals surface area contributed by atoms with Crippen LogP contribution in [0.5, 0.6) is 0 Å². The number of aliphatic hydroxyl groups excluding tert-OH is 2. The zero-order valence-corrected chi connectivity index (χ0v) is 20.3. The highest BCUT2D eigenvalue weighted by Crippen LogP contribution is 2.69. The van der Waals surface area contributed by atoms with E-state index in [1.807, 2.05) is 0 Å². The van der Waals surface area contributed by atoms with Crippen LogP contribution < -0.4 is 0 Å². The number of benzene rings is 1. The van der Waals surface area contributed by atoms with E-state index in [0.29, 0.717) is 17.1 Å². The summed E-state index contributed by atoms with van der Waals surface area (Å²) in [6.45, 7) is 4.13. The molecule has 0 unspecified atom stereocenters. The van der Waals surface area contributed by atoms with Gasteiger partial charge >= 0.3 is 0 Å². The summed E-state index contributed by atoms with van der Waals surface area (Å²) in [5.41, 5.74) is 2.11. The fourth-order valence-corrected chi connectivity index (χ4v) is 6.26. The number of hydrogen-bond donors (Lipinski definition) is 2. The maximum atomic E-state index is 14.5. The number of nitrogens with zero attached hydrogens (tertiary/aromatic N) is 5. The molecule has 0 aliphatic heterocycles. The van der Waals surface area contributed by atoms with E-state index in [1.165, 1.54) is 24.5 Å². The predicted molar refractivity (Wildman–Crippen MR) is 128 cm³/mol. The molecule has 3 heterocycles. The van der Waals surface area contributed by atoms with Crippen molar-refractivity contribution in [1.29, 1.82) is 0 Å². The normalized spacial score (nSPS) is 22.3. The molecule has 1 aromatic carbocycles. The highest BCUT2D eigenvalue weighted by molar-refractivity contribution is 5.64. The SMILES string of the molecule is CC1(C)[C@H]2CC[C@@]1(c1cncc(-c3nc([C@@H](O)CCO)co3)n1)c1nnc(-c3c(F)cccc3F)cc12. The molecule has 1 saturated carbocycles. The molecule has 0 spiro atoms. The number of aliphatic hydroxyl groups is 2. The van der Waals surface area contributed by atoms with Crippen molar-refractivity contribution in [3.8, 4) is 22.8 Å². The van der Waals surface area contributed by atoms with Gasteiger partial charge in [-0.05, 0) is 47.9 Å². The molecule has 10 heteroatoms. The zero-order chi connectivity index (χ0) is 25.9. The van der Waals surface area contributed by atoms with Crippen molar-refractivity contribution in [2.24, 2.45) is 5.41 Å². The number of aromatic nitrogens is 5. The highest BCUT2D eigenvalue weighted by Gasteiger charge is 2.65. The Morgan fingerprint density at radius 2 is 1.89 bits per heavy atom. The minimum Gasteiger partial charge on any atom is -0.443 e. The summed E-state index contributed by atoms with van der Waals surface area (Å²) in [5.74, 6) is -1.06. The number of oxazole rings is 1. The van der Waals surface area contributed by atoms with Gasteiger partial charge in [0.1, 0.15) is 35.4 Å². The third-order valence-electron chi connectivity index (χ3n) is 8.16. The van der Waals surface area contributed by atoms with Gasteiger partial charge in [-0.25, -0.2) is 18.7 Å². The molecule has 0 amide bonds. The van der Waals surface area contributed by atoms with Gasteiger partial charge in [-0.15, -0.1) is 5.10 Å². The Kier molecular flexibility index (Phi) is 5.43. The molecule has 1 fully saturated rings. The average molecular weight is 506 g/mol. The molecule has 3 atom stereocenters. The third-order valence-corrected chi connectivity index (χ3v) is 8.16. The molecule has 4 aromatic rings. The van der Waals surface area contributed by atoms with E-state index in [1.54, 1.807) is 18.5 Å². The molecular weight excluding hydrogens is 480 g/mol. The van der Waals surface area contributed by atoms with E-state index in [2.05, 4.69) is 34.0 Å². The molecule has 2 aliphatic carbocycles. The van der Waals surface area contributed by atoms with Crippen LogP contribution in [0.2, 0.25) is 0 Å². The lowest BCUT2D eigenvalue weighted by atomic mass is 9.66. The molecule has 37 heavy (non-hydrogen) atoms. The van der Waals surface area contributed by atoms with Crippen molar-refractivity contribution in [2.45, 2.75) is 50.5 Å². The number of halogens is 2. The fraction of sp³-hybridized carbons (Fsp3) is 0.370. The van der Waals surface area contributed by atoms with E-state index in [9.17, 15) is 13.9 Å². The van der Waals surface area contributed by atoms with Gasteiger partial charge in [0.2, 0.25) is 5.89 Å². The van der Waals surface area contributed by atoms with Crippen LogP contribution >= 0.6 is 0 Å². The first-order valence-corrected chi connectivity index (χ1v) is 12.2. The molecular formula is C27H25F2N5O3. The van der Waals surface area contributed by atoms with Crippen LogP contribution in [0.4, 0.5) is 8.78 Å². The standard InChI is InChI=1S/C27H25F2N5O3/c1-26(2)15-6-8-27(26,24-14(15)10-18(33-34-24)23-16(28)4-3-5-17(23)29)22-12-30-11-19(31-22)25-32-20(13-37-25)21(36)7-9-35/h3-5,10-13,15,21,35-36H,6-9H2,1-2H3/t15-,21-,27+/m0/s1. The Balaban J connectivity index is 1.44.